The molecule has 0 fully saturated rings. The van der Waals surface area contributed by atoms with E-state index in [0.29, 0.717) is 0 Å². The molecule has 4 aromatic rings. The average Bonchev–Trinajstić information content (AvgIpc) is 3.12. The van der Waals surface area contributed by atoms with Gasteiger partial charge >= 0.3 is 0 Å². The summed E-state index contributed by atoms with van der Waals surface area (Å²) < 4.78 is 0. The maximum Gasteiger partial charge on any atom is 0.0464 e. The Morgan fingerprint density at radius 1 is 0.647 bits per heavy atom. The second-order valence-electron chi connectivity index (χ2n) is 9.82. The van der Waals surface area contributed by atoms with Crippen LogP contribution >= 0.6 is 0 Å². The van der Waals surface area contributed by atoms with Gasteiger partial charge in [-0.15, -0.1) is 0 Å². The highest BCUT2D eigenvalue weighted by Gasteiger charge is 2.35. The summed E-state index contributed by atoms with van der Waals surface area (Å²) in [6.07, 6.45) is 9.11. The maximum absolute atomic E-state index is 3.77. The highest BCUT2D eigenvalue weighted by atomic mass is 14.9. The summed E-state index contributed by atoms with van der Waals surface area (Å²) in [5, 5.41) is 3.77. The molecule has 166 valence electrons. The number of allylic oxidation sites excluding steroid dienone is 4. The summed E-state index contributed by atoms with van der Waals surface area (Å²) in [5.74, 6) is 0. The van der Waals surface area contributed by atoms with Crippen LogP contribution in [0.1, 0.15) is 43.4 Å². The van der Waals surface area contributed by atoms with Gasteiger partial charge in [-0.3, -0.25) is 0 Å². The zero-order chi connectivity index (χ0) is 23.1. The molecule has 1 N–H and O–H groups in total. The lowest BCUT2D eigenvalue weighted by Gasteiger charge is -2.22. The summed E-state index contributed by atoms with van der Waals surface area (Å²) in [4.78, 5) is 0. The molecule has 34 heavy (non-hydrogen) atoms. The Morgan fingerprint density at radius 2 is 1.44 bits per heavy atom. The first kappa shape index (κ1) is 20.7. The lowest BCUT2D eigenvalue weighted by Crippen LogP contribution is -2.15. The molecular weight excluding hydrogens is 410 g/mol. The van der Waals surface area contributed by atoms with Crippen molar-refractivity contribution in [1.29, 1.82) is 0 Å². The molecule has 0 aliphatic heterocycles. The molecule has 0 unspecified atom stereocenters. The standard InChI is InChI=1S/C33H29N/c1-33(2)30-16-10-9-15-27(30)28-19-18-26(22-31(28)33)34-32-20-17-25(23-11-5-3-6-12-23)21-29(32)24-13-7-4-8-14-24/h3,5-7,9-22,34H,4,8H2,1-2H3. The van der Waals surface area contributed by atoms with Crippen molar-refractivity contribution in [2.45, 2.75) is 32.1 Å². The molecule has 0 radical (unpaired) electrons. The molecule has 2 aliphatic rings. The smallest absolute Gasteiger partial charge is 0.0464 e. The van der Waals surface area contributed by atoms with E-state index in [1.54, 1.807) is 0 Å². The van der Waals surface area contributed by atoms with Crippen molar-refractivity contribution in [3.8, 4) is 22.3 Å². The SMILES string of the molecule is CC1(C)c2ccccc2-c2ccc(Nc3ccc(-c4ccccc4)cc3C3=CCCC=C3)cc21. The van der Waals surface area contributed by atoms with E-state index in [9.17, 15) is 0 Å². The molecule has 0 bridgehead atoms. The molecule has 0 saturated carbocycles. The minimum Gasteiger partial charge on any atom is -0.355 e. The number of benzene rings is 4. The predicted octanol–water partition coefficient (Wildman–Crippen LogP) is 9.14. The van der Waals surface area contributed by atoms with Crippen molar-refractivity contribution in [1.82, 2.24) is 0 Å². The molecule has 0 atom stereocenters. The molecule has 2 aliphatic carbocycles. The topological polar surface area (TPSA) is 12.0 Å². The minimum absolute atomic E-state index is 0.00174. The zero-order valence-corrected chi connectivity index (χ0v) is 19.8. The van der Waals surface area contributed by atoms with Gasteiger partial charge in [0.15, 0.2) is 0 Å². The third kappa shape index (κ3) is 3.49. The molecule has 4 aromatic carbocycles. The fraction of sp³-hybridized carbons (Fsp3) is 0.152. The average molecular weight is 440 g/mol. The molecule has 0 aromatic heterocycles. The van der Waals surface area contributed by atoms with Gasteiger partial charge in [0.2, 0.25) is 0 Å². The molecule has 6 rings (SSSR count). The third-order valence-electron chi connectivity index (χ3n) is 7.30. The molecule has 0 heterocycles. The number of nitrogens with one attached hydrogen (secondary N) is 1. The fourth-order valence-electron chi connectivity index (χ4n) is 5.45. The van der Waals surface area contributed by atoms with Crippen LogP contribution in [-0.4, -0.2) is 0 Å². The highest BCUT2D eigenvalue weighted by molar-refractivity contribution is 5.88. The van der Waals surface area contributed by atoms with Crippen LogP contribution in [0.25, 0.3) is 27.8 Å². The van der Waals surface area contributed by atoms with E-state index in [-0.39, 0.29) is 5.41 Å². The number of hydrogen-bond acceptors (Lipinski definition) is 1. The van der Waals surface area contributed by atoms with E-state index in [4.69, 9.17) is 0 Å². The van der Waals surface area contributed by atoms with Gasteiger partial charge < -0.3 is 5.32 Å². The molecule has 1 nitrogen and oxygen atoms in total. The monoisotopic (exact) mass is 439 g/mol. The summed E-state index contributed by atoms with van der Waals surface area (Å²) in [6.45, 7) is 4.67. The molecule has 0 amide bonds. The van der Waals surface area contributed by atoms with Gasteiger partial charge in [-0.1, -0.05) is 98.8 Å². The highest BCUT2D eigenvalue weighted by Crippen LogP contribution is 2.49. The Labute approximate surface area is 202 Å². The fourth-order valence-corrected chi connectivity index (χ4v) is 5.45. The van der Waals surface area contributed by atoms with Gasteiger partial charge in [0.25, 0.3) is 0 Å². The van der Waals surface area contributed by atoms with Crippen LogP contribution in [0.4, 0.5) is 11.4 Å². The van der Waals surface area contributed by atoms with E-state index >= 15 is 0 Å². The van der Waals surface area contributed by atoms with Crippen molar-refractivity contribution in [3.63, 3.8) is 0 Å². The van der Waals surface area contributed by atoms with Gasteiger partial charge in [0.05, 0.1) is 0 Å². The first-order valence-electron chi connectivity index (χ1n) is 12.2. The van der Waals surface area contributed by atoms with Crippen LogP contribution < -0.4 is 5.32 Å². The Morgan fingerprint density at radius 3 is 2.26 bits per heavy atom. The molecule has 1 heteroatoms. The Bertz CT molecular complexity index is 1440. The second kappa shape index (κ2) is 8.18. The number of fused-ring (bicyclic) bond motifs is 3. The quantitative estimate of drug-likeness (QED) is 0.334. The van der Waals surface area contributed by atoms with E-state index in [1.165, 1.54) is 44.5 Å². The van der Waals surface area contributed by atoms with Gasteiger partial charge in [0.1, 0.15) is 0 Å². The Balaban J connectivity index is 1.41. The lowest BCUT2D eigenvalue weighted by atomic mass is 9.82. The Kier molecular flexibility index (Phi) is 4.99. The van der Waals surface area contributed by atoms with E-state index in [2.05, 4.69) is 128 Å². The summed E-state index contributed by atoms with van der Waals surface area (Å²) in [6, 6.07) is 33.1. The van der Waals surface area contributed by atoms with Crippen molar-refractivity contribution in [2.24, 2.45) is 0 Å². The van der Waals surface area contributed by atoms with Gasteiger partial charge in [0, 0.05) is 22.4 Å². The van der Waals surface area contributed by atoms with Crippen molar-refractivity contribution >= 4 is 16.9 Å². The zero-order valence-electron chi connectivity index (χ0n) is 19.8. The number of rotatable bonds is 4. The van der Waals surface area contributed by atoms with Gasteiger partial charge in [-0.2, -0.15) is 0 Å². The van der Waals surface area contributed by atoms with Crippen LogP contribution in [0.2, 0.25) is 0 Å². The van der Waals surface area contributed by atoms with Crippen LogP contribution in [0.3, 0.4) is 0 Å². The largest absolute Gasteiger partial charge is 0.355 e. The third-order valence-corrected chi connectivity index (χ3v) is 7.30. The van der Waals surface area contributed by atoms with Crippen LogP contribution in [0, 0.1) is 0 Å². The normalized spacial score (nSPS) is 15.4. The van der Waals surface area contributed by atoms with Crippen LogP contribution in [-0.2, 0) is 5.41 Å². The second-order valence-corrected chi connectivity index (χ2v) is 9.82. The molecule has 0 saturated heterocycles. The van der Waals surface area contributed by atoms with Crippen molar-refractivity contribution < 1.29 is 0 Å². The van der Waals surface area contributed by atoms with Crippen molar-refractivity contribution in [2.75, 3.05) is 5.32 Å². The first-order valence-corrected chi connectivity index (χ1v) is 12.2. The van der Waals surface area contributed by atoms with Crippen LogP contribution in [0.15, 0.2) is 109 Å². The van der Waals surface area contributed by atoms with E-state index in [1.807, 2.05) is 0 Å². The van der Waals surface area contributed by atoms with E-state index < -0.39 is 0 Å². The van der Waals surface area contributed by atoms with Gasteiger partial charge in [-0.05, 0) is 76.1 Å². The predicted molar refractivity (Wildman–Crippen MR) is 146 cm³/mol. The number of anilines is 2. The summed E-state index contributed by atoms with van der Waals surface area (Å²) in [7, 11) is 0. The lowest BCUT2D eigenvalue weighted by molar-refractivity contribution is 0.660. The maximum atomic E-state index is 3.77. The number of hydrogen-bond donors (Lipinski definition) is 1. The molecular formula is C33H29N. The van der Waals surface area contributed by atoms with Crippen molar-refractivity contribution in [3.05, 3.63) is 126 Å². The Hall–Kier alpha value is -3.84. The first-order chi connectivity index (χ1) is 16.6. The van der Waals surface area contributed by atoms with E-state index in [0.717, 1.165) is 24.2 Å². The van der Waals surface area contributed by atoms with Crippen LogP contribution in [0.5, 0.6) is 0 Å². The summed E-state index contributed by atoms with van der Waals surface area (Å²) in [5.41, 5.74) is 12.8. The minimum atomic E-state index is -0.00174. The van der Waals surface area contributed by atoms with Gasteiger partial charge in [-0.25, -0.2) is 0 Å². The summed E-state index contributed by atoms with van der Waals surface area (Å²) >= 11 is 0. The molecule has 0 spiro atoms.